The maximum Gasteiger partial charge on any atom is 0.231 e. The summed E-state index contributed by atoms with van der Waals surface area (Å²) in [6.45, 7) is 0.909. The van der Waals surface area contributed by atoms with Crippen molar-refractivity contribution in [2.75, 3.05) is 20.2 Å². The van der Waals surface area contributed by atoms with E-state index in [9.17, 15) is 5.11 Å². The predicted octanol–water partition coefficient (Wildman–Crippen LogP) is 2.54. The number of aliphatic hydroxyl groups excluding tert-OH is 1. The van der Waals surface area contributed by atoms with Gasteiger partial charge in [-0.05, 0) is 35.4 Å². The summed E-state index contributed by atoms with van der Waals surface area (Å²) in [5.74, 6) is 2.79. The Morgan fingerprint density at radius 3 is 2.00 bits per heavy atom. The molecule has 5 atom stereocenters. The van der Waals surface area contributed by atoms with E-state index in [1.54, 1.807) is 0 Å². The number of hydrogen-bond donors (Lipinski definition) is 1. The normalized spacial score (nSPS) is 32.7. The second kappa shape index (κ2) is 5.76. The van der Waals surface area contributed by atoms with Crippen molar-refractivity contribution in [3.8, 4) is 23.0 Å². The fourth-order valence-corrected chi connectivity index (χ4v) is 4.46. The van der Waals surface area contributed by atoms with Crippen LogP contribution < -0.4 is 18.9 Å². The SMILES string of the molecule is O[C@@H]1OC[C@H]2C(c3ccc4c(c3)OCO4)OC(c3ccc4c(c3)OCO4)[C@@H]12. The first-order chi connectivity index (χ1) is 13.3. The van der Waals surface area contributed by atoms with E-state index in [1.807, 2.05) is 36.4 Å². The van der Waals surface area contributed by atoms with E-state index < -0.39 is 6.29 Å². The van der Waals surface area contributed by atoms with Crippen molar-refractivity contribution in [1.29, 1.82) is 0 Å². The molecule has 2 fully saturated rings. The Morgan fingerprint density at radius 1 is 0.741 bits per heavy atom. The molecule has 0 spiro atoms. The van der Waals surface area contributed by atoms with Crippen molar-refractivity contribution in [2.45, 2.75) is 18.5 Å². The van der Waals surface area contributed by atoms with E-state index in [0.717, 1.165) is 28.4 Å². The van der Waals surface area contributed by atoms with Crippen molar-refractivity contribution in [3.63, 3.8) is 0 Å². The van der Waals surface area contributed by atoms with Gasteiger partial charge in [-0.3, -0.25) is 0 Å². The highest BCUT2D eigenvalue weighted by Crippen LogP contribution is 2.55. The number of fused-ring (bicyclic) bond motifs is 3. The molecule has 0 radical (unpaired) electrons. The lowest BCUT2D eigenvalue weighted by molar-refractivity contribution is -0.116. The Bertz CT molecular complexity index is 898. The first-order valence-corrected chi connectivity index (χ1v) is 9.02. The molecule has 7 nitrogen and oxygen atoms in total. The lowest BCUT2D eigenvalue weighted by Crippen LogP contribution is -2.22. The summed E-state index contributed by atoms with van der Waals surface area (Å²) in [6.07, 6.45) is -1.35. The van der Waals surface area contributed by atoms with Gasteiger partial charge in [0.15, 0.2) is 29.3 Å². The maximum absolute atomic E-state index is 10.4. The Balaban J connectivity index is 1.36. The van der Waals surface area contributed by atoms with E-state index in [0.29, 0.717) is 12.4 Å². The molecule has 0 bridgehead atoms. The Hall–Kier alpha value is -2.48. The molecule has 0 saturated carbocycles. The molecule has 4 heterocycles. The van der Waals surface area contributed by atoms with Crippen LogP contribution in [-0.2, 0) is 9.47 Å². The van der Waals surface area contributed by atoms with Gasteiger partial charge in [0.2, 0.25) is 13.6 Å². The van der Waals surface area contributed by atoms with Crippen molar-refractivity contribution in [1.82, 2.24) is 0 Å². The second-order valence-electron chi connectivity index (χ2n) is 7.17. The maximum atomic E-state index is 10.4. The Labute approximate surface area is 155 Å². The lowest BCUT2D eigenvalue weighted by atomic mass is 9.84. The molecule has 27 heavy (non-hydrogen) atoms. The molecule has 0 aliphatic carbocycles. The van der Waals surface area contributed by atoms with Gasteiger partial charge in [0.25, 0.3) is 0 Å². The molecule has 0 aromatic heterocycles. The monoisotopic (exact) mass is 370 g/mol. The molecule has 6 rings (SSSR count). The minimum absolute atomic E-state index is 0.0517. The van der Waals surface area contributed by atoms with Crippen molar-refractivity contribution in [3.05, 3.63) is 47.5 Å². The summed E-state index contributed by atoms with van der Waals surface area (Å²) in [5, 5.41) is 10.4. The molecule has 7 heteroatoms. The van der Waals surface area contributed by atoms with Crippen LogP contribution in [-0.4, -0.2) is 31.6 Å². The van der Waals surface area contributed by atoms with Gasteiger partial charge in [0.1, 0.15) is 0 Å². The number of ether oxygens (including phenoxy) is 6. The zero-order valence-corrected chi connectivity index (χ0v) is 14.4. The van der Waals surface area contributed by atoms with E-state index >= 15 is 0 Å². The fraction of sp³-hybridized carbons (Fsp3) is 0.400. The Morgan fingerprint density at radius 2 is 1.33 bits per heavy atom. The first-order valence-electron chi connectivity index (χ1n) is 9.02. The summed E-state index contributed by atoms with van der Waals surface area (Å²) < 4.78 is 33.8. The molecule has 140 valence electrons. The highest BCUT2D eigenvalue weighted by atomic mass is 16.7. The number of hydrogen-bond acceptors (Lipinski definition) is 7. The summed E-state index contributed by atoms with van der Waals surface area (Å²) in [4.78, 5) is 0. The van der Waals surface area contributed by atoms with Crippen LogP contribution in [0.3, 0.4) is 0 Å². The molecule has 0 amide bonds. The van der Waals surface area contributed by atoms with Crippen LogP contribution in [0.4, 0.5) is 0 Å². The third kappa shape index (κ3) is 2.32. The zero-order chi connectivity index (χ0) is 18.0. The molecular formula is C20H18O7. The predicted molar refractivity (Wildman–Crippen MR) is 90.6 cm³/mol. The van der Waals surface area contributed by atoms with Crippen LogP contribution in [0.5, 0.6) is 23.0 Å². The van der Waals surface area contributed by atoms with E-state index in [2.05, 4.69) is 0 Å². The topological polar surface area (TPSA) is 75.6 Å². The van der Waals surface area contributed by atoms with Crippen LogP contribution >= 0.6 is 0 Å². The van der Waals surface area contributed by atoms with Crippen LogP contribution in [0.2, 0.25) is 0 Å². The highest BCUT2D eigenvalue weighted by Gasteiger charge is 2.53. The molecule has 2 unspecified atom stereocenters. The smallest absolute Gasteiger partial charge is 0.231 e. The van der Waals surface area contributed by atoms with Gasteiger partial charge >= 0.3 is 0 Å². The minimum Gasteiger partial charge on any atom is -0.454 e. The van der Waals surface area contributed by atoms with E-state index in [1.165, 1.54) is 0 Å². The molecule has 4 aliphatic heterocycles. The lowest BCUT2D eigenvalue weighted by Gasteiger charge is -2.20. The summed E-state index contributed by atoms with van der Waals surface area (Å²) in [6, 6.07) is 11.6. The molecule has 4 aliphatic rings. The molecule has 2 saturated heterocycles. The standard InChI is InChI=1S/C20H18O7/c21-20-17-12(7-22-20)18(10-1-3-13-15(5-10)25-8-23-13)27-19(17)11-2-4-14-16(6-11)26-9-24-14/h1-6,12,17-21H,7-9H2/t12-,17+,18?,19?,20-/m1/s1. The molecule has 2 aromatic carbocycles. The molecular weight excluding hydrogens is 352 g/mol. The van der Waals surface area contributed by atoms with Crippen LogP contribution in [0.1, 0.15) is 23.3 Å². The average molecular weight is 370 g/mol. The van der Waals surface area contributed by atoms with Crippen LogP contribution in [0.15, 0.2) is 36.4 Å². The van der Waals surface area contributed by atoms with Crippen LogP contribution in [0.25, 0.3) is 0 Å². The third-order valence-corrected chi connectivity index (χ3v) is 5.77. The second-order valence-corrected chi connectivity index (χ2v) is 7.17. The number of benzene rings is 2. The summed E-state index contributed by atoms with van der Waals surface area (Å²) in [7, 11) is 0. The highest BCUT2D eigenvalue weighted by molar-refractivity contribution is 5.47. The number of aliphatic hydroxyl groups is 1. The fourth-order valence-electron chi connectivity index (χ4n) is 4.46. The van der Waals surface area contributed by atoms with Crippen molar-refractivity contribution in [2.24, 2.45) is 11.8 Å². The largest absolute Gasteiger partial charge is 0.454 e. The van der Waals surface area contributed by atoms with Gasteiger partial charge in [-0.1, -0.05) is 12.1 Å². The summed E-state index contributed by atoms with van der Waals surface area (Å²) in [5.41, 5.74) is 1.94. The average Bonchev–Trinajstić information content (AvgIpc) is 3.45. The van der Waals surface area contributed by atoms with Gasteiger partial charge in [-0.25, -0.2) is 0 Å². The first kappa shape index (κ1) is 15.6. The zero-order valence-electron chi connectivity index (χ0n) is 14.4. The van der Waals surface area contributed by atoms with E-state index in [4.69, 9.17) is 28.4 Å². The van der Waals surface area contributed by atoms with Crippen LogP contribution in [0, 0.1) is 11.8 Å². The van der Waals surface area contributed by atoms with Gasteiger partial charge in [0.05, 0.1) is 18.8 Å². The van der Waals surface area contributed by atoms with Gasteiger partial charge in [-0.15, -0.1) is 0 Å². The van der Waals surface area contributed by atoms with Gasteiger partial charge in [-0.2, -0.15) is 0 Å². The van der Waals surface area contributed by atoms with Gasteiger partial charge < -0.3 is 33.5 Å². The van der Waals surface area contributed by atoms with E-state index in [-0.39, 0.29) is 37.6 Å². The summed E-state index contributed by atoms with van der Waals surface area (Å²) >= 11 is 0. The minimum atomic E-state index is -0.857. The quantitative estimate of drug-likeness (QED) is 0.871. The Kier molecular flexibility index (Phi) is 3.32. The van der Waals surface area contributed by atoms with Crippen molar-refractivity contribution < 1.29 is 33.5 Å². The molecule has 2 aromatic rings. The molecule has 1 N–H and O–H groups in total. The van der Waals surface area contributed by atoms with Gasteiger partial charge in [0, 0.05) is 11.8 Å². The number of rotatable bonds is 2. The van der Waals surface area contributed by atoms with Crippen molar-refractivity contribution >= 4 is 0 Å². The third-order valence-electron chi connectivity index (χ3n) is 5.77.